The van der Waals surface area contributed by atoms with Crippen molar-refractivity contribution in [3.8, 4) is 0 Å². The number of nitrogens with one attached hydrogen (secondary N) is 1. The van der Waals surface area contributed by atoms with Crippen molar-refractivity contribution in [1.29, 1.82) is 0 Å². The third-order valence-electron chi connectivity index (χ3n) is 2.55. The fraction of sp³-hybridized carbons (Fsp3) is 0.385. The number of anilines is 1. The van der Waals surface area contributed by atoms with Crippen LogP contribution >= 0.6 is 0 Å². The summed E-state index contributed by atoms with van der Waals surface area (Å²) in [4.78, 5) is 8.71. The lowest BCUT2D eigenvalue weighted by Gasteiger charge is -2.05. The SMILES string of the molecule is COCCCCNc1ncc2ccccc2n1. The zero-order valence-corrected chi connectivity index (χ0v) is 10.0. The molecule has 0 aliphatic rings. The van der Waals surface area contributed by atoms with Crippen LogP contribution in [-0.4, -0.2) is 30.2 Å². The predicted octanol–water partition coefficient (Wildman–Crippen LogP) is 2.47. The second-order valence-electron chi connectivity index (χ2n) is 3.88. The lowest BCUT2D eigenvalue weighted by atomic mass is 10.2. The summed E-state index contributed by atoms with van der Waals surface area (Å²) in [5.41, 5.74) is 0.974. The van der Waals surface area contributed by atoms with Crippen molar-refractivity contribution in [2.24, 2.45) is 0 Å². The van der Waals surface area contributed by atoms with E-state index >= 15 is 0 Å². The van der Waals surface area contributed by atoms with E-state index in [0.29, 0.717) is 5.95 Å². The van der Waals surface area contributed by atoms with Crippen LogP contribution in [0.15, 0.2) is 30.5 Å². The highest BCUT2D eigenvalue weighted by Gasteiger charge is 1.98. The first-order valence-corrected chi connectivity index (χ1v) is 5.85. The van der Waals surface area contributed by atoms with Crippen molar-refractivity contribution in [3.05, 3.63) is 30.5 Å². The largest absolute Gasteiger partial charge is 0.385 e. The van der Waals surface area contributed by atoms with E-state index in [1.807, 2.05) is 30.5 Å². The van der Waals surface area contributed by atoms with E-state index in [2.05, 4.69) is 15.3 Å². The van der Waals surface area contributed by atoms with E-state index in [9.17, 15) is 0 Å². The van der Waals surface area contributed by atoms with Crippen LogP contribution in [0, 0.1) is 0 Å². The molecule has 0 saturated heterocycles. The van der Waals surface area contributed by atoms with Gasteiger partial charge in [-0.15, -0.1) is 0 Å². The van der Waals surface area contributed by atoms with Crippen LogP contribution < -0.4 is 5.32 Å². The molecular weight excluding hydrogens is 214 g/mol. The van der Waals surface area contributed by atoms with Crippen molar-refractivity contribution in [3.63, 3.8) is 0 Å². The molecule has 2 rings (SSSR count). The van der Waals surface area contributed by atoms with Gasteiger partial charge in [0, 0.05) is 31.8 Å². The molecule has 0 bridgehead atoms. The van der Waals surface area contributed by atoms with Gasteiger partial charge in [0.15, 0.2) is 0 Å². The Morgan fingerprint density at radius 2 is 2.12 bits per heavy atom. The second kappa shape index (κ2) is 6.15. The normalized spacial score (nSPS) is 10.6. The van der Waals surface area contributed by atoms with E-state index in [0.717, 1.165) is 36.9 Å². The molecule has 0 radical (unpaired) electrons. The standard InChI is InChI=1S/C13H17N3O/c1-17-9-5-4-8-14-13-15-10-11-6-2-3-7-12(11)16-13/h2-3,6-7,10H,4-5,8-9H2,1H3,(H,14,15,16). The molecule has 4 nitrogen and oxygen atoms in total. The van der Waals surface area contributed by atoms with Gasteiger partial charge in [0.2, 0.25) is 5.95 Å². The first kappa shape index (κ1) is 11.8. The van der Waals surface area contributed by atoms with Gasteiger partial charge < -0.3 is 10.1 Å². The first-order valence-electron chi connectivity index (χ1n) is 5.85. The number of para-hydroxylation sites is 1. The van der Waals surface area contributed by atoms with Gasteiger partial charge >= 0.3 is 0 Å². The van der Waals surface area contributed by atoms with E-state index in [1.165, 1.54) is 0 Å². The Morgan fingerprint density at radius 1 is 1.24 bits per heavy atom. The number of nitrogens with zero attached hydrogens (tertiary/aromatic N) is 2. The highest BCUT2D eigenvalue weighted by atomic mass is 16.5. The number of methoxy groups -OCH3 is 1. The number of benzene rings is 1. The molecule has 17 heavy (non-hydrogen) atoms. The Kier molecular flexibility index (Phi) is 4.27. The Bertz CT molecular complexity index is 473. The first-order chi connectivity index (χ1) is 8.40. The fourth-order valence-corrected chi connectivity index (χ4v) is 1.63. The van der Waals surface area contributed by atoms with E-state index in [-0.39, 0.29) is 0 Å². The van der Waals surface area contributed by atoms with Gasteiger partial charge in [-0.2, -0.15) is 0 Å². The molecule has 0 aliphatic heterocycles. The summed E-state index contributed by atoms with van der Waals surface area (Å²) in [5, 5.41) is 4.28. The quantitative estimate of drug-likeness (QED) is 0.776. The number of fused-ring (bicyclic) bond motifs is 1. The summed E-state index contributed by atoms with van der Waals surface area (Å²) in [7, 11) is 1.72. The molecule has 1 aromatic heterocycles. The molecule has 4 heteroatoms. The minimum Gasteiger partial charge on any atom is -0.385 e. The highest BCUT2D eigenvalue weighted by Crippen LogP contribution is 2.11. The fourth-order valence-electron chi connectivity index (χ4n) is 1.63. The topological polar surface area (TPSA) is 47.0 Å². The van der Waals surface area contributed by atoms with Gasteiger partial charge in [0.05, 0.1) is 5.52 Å². The van der Waals surface area contributed by atoms with Gasteiger partial charge in [-0.25, -0.2) is 9.97 Å². The lowest BCUT2D eigenvalue weighted by Crippen LogP contribution is -2.06. The maximum atomic E-state index is 4.99. The van der Waals surface area contributed by atoms with Gasteiger partial charge in [0.1, 0.15) is 0 Å². The molecule has 90 valence electrons. The van der Waals surface area contributed by atoms with Gasteiger partial charge in [-0.3, -0.25) is 0 Å². The van der Waals surface area contributed by atoms with Gasteiger partial charge in [-0.05, 0) is 18.9 Å². The van der Waals surface area contributed by atoms with E-state index < -0.39 is 0 Å². The van der Waals surface area contributed by atoms with Crippen molar-refractivity contribution < 1.29 is 4.74 Å². The molecule has 1 aromatic carbocycles. The molecule has 1 N–H and O–H groups in total. The van der Waals surface area contributed by atoms with Crippen molar-refractivity contribution in [1.82, 2.24) is 9.97 Å². The van der Waals surface area contributed by atoms with E-state index in [4.69, 9.17) is 4.74 Å². The number of aromatic nitrogens is 2. The highest BCUT2D eigenvalue weighted by molar-refractivity contribution is 5.78. The Morgan fingerprint density at radius 3 is 3.00 bits per heavy atom. The maximum Gasteiger partial charge on any atom is 0.223 e. The predicted molar refractivity (Wildman–Crippen MR) is 69.1 cm³/mol. The minimum atomic E-state index is 0.695. The number of hydrogen-bond donors (Lipinski definition) is 1. The second-order valence-corrected chi connectivity index (χ2v) is 3.88. The molecule has 0 spiro atoms. The van der Waals surface area contributed by atoms with Crippen molar-refractivity contribution in [2.75, 3.05) is 25.6 Å². The van der Waals surface area contributed by atoms with Gasteiger partial charge in [0.25, 0.3) is 0 Å². The molecule has 0 saturated carbocycles. The van der Waals surface area contributed by atoms with Crippen LogP contribution in [0.4, 0.5) is 5.95 Å². The number of unbranched alkanes of at least 4 members (excludes halogenated alkanes) is 1. The van der Waals surface area contributed by atoms with Crippen LogP contribution in [0.3, 0.4) is 0 Å². The maximum absolute atomic E-state index is 4.99. The molecule has 0 unspecified atom stereocenters. The summed E-state index contributed by atoms with van der Waals surface area (Å²) < 4.78 is 4.99. The zero-order chi connectivity index (χ0) is 11.9. The van der Waals surface area contributed by atoms with Crippen LogP contribution in [0.2, 0.25) is 0 Å². The molecule has 0 atom stereocenters. The summed E-state index contributed by atoms with van der Waals surface area (Å²) >= 11 is 0. The molecule has 1 heterocycles. The smallest absolute Gasteiger partial charge is 0.223 e. The number of ether oxygens (including phenoxy) is 1. The van der Waals surface area contributed by atoms with Crippen LogP contribution in [0.1, 0.15) is 12.8 Å². The number of rotatable bonds is 6. The van der Waals surface area contributed by atoms with E-state index in [1.54, 1.807) is 7.11 Å². The van der Waals surface area contributed by atoms with Gasteiger partial charge in [-0.1, -0.05) is 18.2 Å². The number of hydrogen-bond acceptors (Lipinski definition) is 4. The Hall–Kier alpha value is -1.68. The molecule has 0 fully saturated rings. The molecule has 2 aromatic rings. The average Bonchev–Trinajstić information content (AvgIpc) is 2.38. The minimum absolute atomic E-state index is 0.695. The Labute approximate surface area is 101 Å². The van der Waals surface area contributed by atoms with Crippen LogP contribution in [0.5, 0.6) is 0 Å². The summed E-state index contributed by atoms with van der Waals surface area (Å²) in [6, 6.07) is 7.98. The molecule has 0 amide bonds. The van der Waals surface area contributed by atoms with Crippen molar-refractivity contribution in [2.45, 2.75) is 12.8 Å². The monoisotopic (exact) mass is 231 g/mol. The summed E-state index contributed by atoms with van der Waals surface area (Å²) in [6.45, 7) is 1.68. The third kappa shape index (κ3) is 3.39. The van der Waals surface area contributed by atoms with Crippen LogP contribution in [-0.2, 0) is 4.74 Å². The third-order valence-corrected chi connectivity index (χ3v) is 2.55. The molecular formula is C13H17N3O. The summed E-state index contributed by atoms with van der Waals surface area (Å²) in [6.07, 6.45) is 3.96. The van der Waals surface area contributed by atoms with Crippen molar-refractivity contribution >= 4 is 16.9 Å². The lowest BCUT2D eigenvalue weighted by molar-refractivity contribution is 0.193. The average molecular weight is 231 g/mol. The Balaban J connectivity index is 1.90. The van der Waals surface area contributed by atoms with Crippen LogP contribution in [0.25, 0.3) is 10.9 Å². The summed E-state index contributed by atoms with van der Waals surface area (Å²) in [5.74, 6) is 0.695. The zero-order valence-electron chi connectivity index (χ0n) is 10.0. The molecule has 0 aliphatic carbocycles.